The lowest BCUT2D eigenvalue weighted by atomic mass is 9.43. The Morgan fingerprint density at radius 2 is 1.79 bits per heavy atom. The van der Waals surface area contributed by atoms with Crippen LogP contribution in [-0.4, -0.2) is 36.1 Å². The highest BCUT2D eigenvalue weighted by Crippen LogP contribution is 2.69. The maximum atomic E-state index is 10.8. The van der Waals surface area contributed by atoms with Crippen LogP contribution in [0.5, 0.6) is 0 Å². The summed E-state index contributed by atoms with van der Waals surface area (Å²) in [5, 5.41) is 20.1. The van der Waals surface area contributed by atoms with Crippen LogP contribution in [0.2, 0.25) is 0 Å². The Hall–Kier alpha value is -0.120. The summed E-state index contributed by atoms with van der Waals surface area (Å²) in [7, 11) is 1.89. The quantitative estimate of drug-likeness (QED) is 0.618. The van der Waals surface area contributed by atoms with Crippen LogP contribution in [0.15, 0.2) is 0 Å². The third-order valence-electron chi connectivity index (χ3n) is 10.6. The average molecular weight is 407 g/mol. The molecule has 0 bridgehead atoms. The first kappa shape index (κ1) is 22.1. The molecule has 0 aliphatic heterocycles. The van der Waals surface area contributed by atoms with Gasteiger partial charge in [0.15, 0.2) is 0 Å². The fourth-order valence-corrected chi connectivity index (χ4v) is 9.37. The van der Waals surface area contributed by atoms with Crippen molar-refractivity contribution in [2.75, 3.05) is 20.3 Å². The Morgan fingerprint density at radius 3 is 2.52 bits per heavy atom. The third-order valence-corrected chi connectivity index (χ3v) is 10.6. The summed E-state index contributed by atoms with van der Waals surface area (Å²) in [5.41, 5.74) is 0.331. The van der Waals surface area contributed by atoms with Crippen molar-refractivity contribution in [2.24, 2.45) is 46.3 Å². The Bertz CT molecular complexity index is 574. The molecule has 4 aliphatic carbocycles. The fraction of sp³-hybridized carbons (Fsp3) is 1.00. The van der Waals surface area contributed by atoms with Crippen LogP contribution in [0.3, 0.4) is 0 Å². The lowest BCUT2D eigenvalue weighted by molar-refractivity contribution is -0.175. The smallest absolute Gasteiger partial charge is 0.0622 e. The van der Waals surface area contributed by atoms with Gasteiger partial charge in [-0.15, -0.1) is 0 Å². The number of ether oxygens (including phenoxy) is 1. The van der Waals surface area contributed by atoms with E-state index in [0.717, 1.165) is 61.9 Å². The van der Waals surface area contributed by atoms with Gasteiger partial charge in [-0.2, -0.15) is 0 Å². The summed E-state index contributed by atoms with van der Waals surface area (Å²) in [4.78, 5) is 0. The standard InChI is InChI=1S/C26H46O3/c1-18(6-5-15-27)21-9-10-22-20-8-7-19-16-24(2,28)13-14-26(19,17-29-4)23(20)11-12-25(21,22)3/h18-23,27-28H,5-17H2,1-4H3/t18-,19+,20+,21?,22+,23+,24+,25-,26-/m1/s1. The van der Waals surface area contributed by atoms with E-state index in [9.17, 15) is 10.2 Å². The first-order valence-electron chi connectivity index (χ1n) is 12.6. The van der Waals surface area contributed by atoms with Gasteiger partial charge in [0.2, 0.25) is 0 Å². The number of rotatable bonds is 6. The molecule has 0 saturated heterocycles. The molecule has 0 aromatic carbocycles. The maximum Gasteiger partial charge on any atom is 0.0622 e. The Kier molecular flexibility index (Phi) is 6.17. The molecular formula is C26H46O3. The highest BCUT2D eigenvalue weighted by molar-refractivity contribution is 5.11. The van der Waals surface area contributed by atoms with E-state index in [1.54, 1.807) is 0 Å². The topological polar surface area (TPSA) is 49.7 Å². The number of aliphatic hydroxyl groups excluding tert-OH is 1. The van der Waals surface area contributed by atoms with E-state index < -0.39 is 5.60 Å². The normalized spacial score (nSPS) is 50.5. The SMILES string of the molecule is COC[C@]12CC[C@](C)(O)C[C@@H]1CC[C@@H]1[C@@H]2CC[C@]2(C)C([C@H](C)CCCO)CC[C@@H]12. The van der Waals surface area contributed by atoms with E-state index >= 15 is 0 Å². The van der Waals surface area contributed by atoms with Crippen LogP contribution in [0, 0.1) is 46.3 Å². The first-order valence-corrected chi connectivity index (χ1v) is 12.6. The first-order chi connectivity index (χ1) is 13.8. The van der Waals surface area contributed by atoms with Gasteiger partial charge in [-0.3, -0.25) is 0 Å². The average Bonchev–Trinajstić information content (AvgIpc) is 3.03. The number of fused-ring (bicyclic) bond motifs is 5. The van der Waals surface area contributed by atoms with Crippen molar-refractivity contribution in [3.05, 3.63) is 0 Å². The second-order valence-corrected chi connectivity index (χ2v) is 12.1. The van der Waals surface area contributed by atoms with Gasteiger partial charge in [-0.05, 0) is 124 Å². The van der Waals surface area contributed by atoms with Gasteiger partial charge in [0.05, 0.1) is 12.2 Å². The van der Waals surface area contributed by atoms with Crippen molar-refractivity contribution >= 4 is 0 Å². The molecule has 0 aromatic heterocycles. The van der Waals surface area contributed by atoms with Gasteiger partial charge < -0.3 is 14.9 Å². The van der Waals surface area contributed by atoms with Crippen molar-refractivity contribution in [3.8, 4) is 0 Å². The zero-order chi connectivity index (χ0) is 20.9. The summed E-state index contributed by atoms with van der Waals surface area (Å²) in [6, 6.07) is 0. The van der Waals surface area contributed by atoms with Crippen LogP contribution in [0.1, 0.15) is 91.4 Å². The summed E-state index contributed by atoms with van der Waals surface area (Å²) in [6.07, 6.45) is 13.4. The molecule has 4 rings (SSSR count). The Balaban J connectivity index is 1.57. The predicted octanol–water partition coefficient (Wildman–Crippen LogP) is 5.43. The van der Waals surface area contributed by atoms with Crippen LogP contribution in [0.25, 0.3) is 0 Å². The molecule has 2 N–H and O–H groups in total. The van der Waals surface area contributed by atoms with Gasteiger partial charge in [0.1, 0.15) is 0 Å². The van der Waals surface area contributed by atoms with E-state index in [2.05, 4.69) is 20.8 Å². The molecule has 0 radical (unpaired) electrons. The highest BCUT2D eigenvalue weighted by atomic mass is 16.5. The number of hydrogen-bond acceptors (Lipinski definition) is 3. The monoisotopic (exact) mass is 406 g/mol. The summed E-state index contributed by atoms with van der Waals surface area (Å²) < 4.78 is 5.89. The number of aliphatic hydroxyl groups is 2. The molecule has 4 saturated carbocycles. The van der Waals surface area contributed by atoms with Gasteiger partial charge >= 0.3 is 0 Å². The van der Waals surface area contributed by atoms with E-state index in [-0.39, 0.29) is 0 Å². The molecule has 9 atom stereocenters. The molecular weight excluding hydrogens is 360 g/mol. The molecule has 0 heterocycles. The van der Waals surface area contributed by atoms with E-state index in [0.29, 0.717) is 23.4 Å². The van der Waals surface area contributed by atoms with Crippen molar-refractivity contribution in [1.29, 1.82) is 0 Å². The molecule has 3 heteroatoms. The molecule has 29 heavy (non-hydrogen) atoms. The van der Waals surface area contributed by atoms with Gasteiger partial charge in [0.25, 0.3) is 0 Å². The predicted molar refractivity (Wildman–Crippen MR) is 118 cm³/mol. The summed E-state index contributed by atoms with van der Waals surface area (Å²) in [6.45, 7) is 8.37. The minimum Gasteiger partial charge on any atom is -0.396 e. The van der Waals surface area contributed by atoms with E-state index in [1.807, 2.05) is 7.11 Å². The second kappa shape index (κ2) is 8.10. The van der Waals surface area contributed by atoms with Crippen LogP contribution in [-0.2, 0) is 4.74 Å². The lowest BCUT2D eigenvalue weighted by Crippen LogP contribution is -2.58. The zero-order valence-electron chi connectivity index (χ0n) is 19.5. The van der Waals surface area contributed by atoms with Crippen molar-refractivity contribution < 1.29 is 14.9 Å². The van der Waals surface area contributed by atoms with Gasteiger partial charge in [0, 0.05) is 13.7 Å². The highest BCUT2D eigenvalue weighted by Gasteiger charge is 2.62. The summed E-state index contributed by atoms with van der Waals surface area (Å²) >= 11 is 0. The third kappa shape index (κ3) is 3.61. The Morgan fingerprint density at radius 1 is 1.00 bits per heavy atom. The number of hydrogen-bond donors (Lipinski definition) is 2. The van der Waals surface area contributed by atoms with E-state index in [4.69, 9.17) is 4.74 Å². The lowest BCUT2D eigenvalue weighted by Gasteiger charge is -2.63. The van der Waals surface area contributed by atoms with Crippen LogP contribution >= 0.6 is 0 Å². The van der Waals surface area contributed by atoms with Gasteiger partial charge in [-0.1, -0.05) is 13.8 Å². The molecule has 0 spiro atoms. The molecule has 1 unspecified atom stereocenters. The molecule has 168 valence electrons. The second-order valence-electron chi connectivity index (χ2n) is 12.1. The molecule has 4 fully saturated rings. The van der Waals surface area contributed by atoms with Crippen molar-refractivity contribution in [2.45, 2.75) is 97.0 Å². The van der Waals surface area contributed by atoms with Crippen molar-refractivity contribution in [3.63, 3.8) is 0 Å². The molecule has 0 amide bonds. The Labute approximate surface area is 179 Å². The molecule has 4 aliphatic rings. The fourth-order valence-electron chi connectivity index (χ4n) is 9.37. The molecule has 0 aromatic rings. The van der Waals surface area contributed by atoms with E-state index in [1.165, 1.54) is 44.9 Å². The maximum absolute atomic E-state index is 10.8. The van der Waals surface area contributed by atoms with Crippen LogP contribution in [0.4, 0.5) is 0 Å². The summed E-state index contributed by atoms with van der Waals surface area (Å²) in [5.74, 6) is 4.74. The minimum absolute atomic E-state index is 0.307. The van der Waals surface area contributed by atoms with Gasteiger partial charge in [-0.25, -0.2) is 0 Å². The zero-order valence-corrected chi connectivity index (χ0v) is 19.5. The minimum atomic E-state index is -0.474. The molecule has 3 nitrogen and oxygen atoms in total. The largest absolute Gasteiger partial charge is 0.396 e. The van der Waals surface area contributed by atoms with Crippen molar-refractivity contribution in [1.82, 2.24) is 0 Å². The van der Waals surface area contributed by atoms with Crippen LogP contribution < -0.4 is 0 Å². The number of methoxy groups -OCH3 is 1.